The molecule has 3 aliphatic rings. The van der Waals surface area contributed by atoms with Crippen LogP contribution in [0.5, 0.6) is 5.75 Å². The first-order valence-electron chi connectivity index (χ1n) is 12.2. The minimum atomic E-state index is -0.934. The number of hydrogen-bond acceptors (Lipinski definition) is 3. The summed E-state index contributed by atoms with van der Waals surface area (Å²) in [5, 5.41) is 0. The van der Waals surface area contributed by atoms with E-state index in [4.69, 9.17) is 4.74 Å². The molecular formula is C30H25F2N3O. The molecule has 0 atom stereocenters. The van der Waals surface area contributed by atoms with E-state index >= 15 is 0 Å². The van der Waals surface area contributed by atoms with E-state index < -0.39 is 11.6 Å². The smallest absolute Gasteiger partial charge is 0.169 e. The van der Waals surface area contributed by atoms with E-state index in [2.05, 4.69) is 46.4 Å². The molecule has 6 rings (SSSR count). The van der Waals surface area contributed by atoms with Crippen LogP contribution in [-0.2, 0) is 6.54 Å². The van der Waals surface area contributed by atoms with Gasteiger partial charge in [0.25, 0.3) is 0 Å². The van der Waals surface area contributed by atoms with Gasteiger partial charge in [-0.15, -0.1) is 0 Å². The monoisotopic (exact) mass is 481 g/mol. The van der Waals surface area contributed by atoms with Gasteiger partial charge in [-0.05, 0) is 65.8 Å². The van der Waals surface area contributed by atoms with Crippen molar-refractivity contribution in [2.24, 2.45) is 5.92 Å². The van der Waals surface area contributed by atoms with Gasteiger partial charge < -0.3 is 9.30 Å². The summed E-state index contributed by atoms with van der Waals surface area (Å²) in [7, 11) is 0. The standard InChI is InChI=1S/C30H25F2N3O/c31-26-6-2-5-25(29(26)32)30-33-27-15-16-35(18-28(27)34-30)17-20-7-9-22(10-8-20)23-11-13-24(14-12-23)36-19-21-3-1-4-21/h2,5-16,18,21H,1,3-4,17,19H2. The Kier molecular flexibility index (Phi) is 5.93. The van der Waals surface area contributed by atoms with Crippen molar-refractivity contribution in [1.29, 1.82) is 0 Å². The van der Waals surface area contributed by atoms with E-state index in [9.17, 15) is 8.78 Å². The first-order chi connectivity index (χ1) is 17.6. The van der Waals surface area contributed by atoms with Gasteiger partial charge in [0.1, 0.15) is 11.4 Å². The Morgan fingerprint density at radius 3 is 2.28 bits per heavy atom. The van der Waals surface area contributed by atoms with E-state index in [1.54, 1.807) is 0 Å². The van der Waals surface area contributed by atoms with E-state index in [0.29, 0.717) is 17.9 Å². The predicted octanol–water partition coefficient (Wildman–Crippen LogP) is 7.22. The van der Waals surface area contributed by atoms with Crippen molar-refractivity contribution in [3.63, 3.8) is 0 Å². The van der Waals surface area contributed by atoms with Gasteiger partial charge in [-0.25, -0.2) is 18.7 Å². The second kappa shape index (κ2) is 9.53. The van der Waals surface area contributed by atoms with E-state index in [1.807, 2.05) is 35.2 Å². The maximum Gasteiger partial charge on any atom is 0.169 e. The first-order valence-corrected chi connectivity index (χ1v) is 12.2. The predicted molar refractivity (Wildman–Crippen MR) is 136 cm³/mol. The molecule has 0 N–H and O–H groups in total. The van der Waals surface area contributed by atoms with Gasteiger partial charge in [0, 0.05) is 18.9 Å². The molecule has 0 radical (unpaired) electrons. The molecule has 3 aromatic carbocycles. The molecule has 1 fully saturated rings. The summed E-state index contributed by atoms with van der Waals surface area (Å²) in [6.07, 6.45) is 7.69. The molecule has 0 saturated heterocycles. The highest BCUT2D eigenvalue weighted by Gasteiger charge is 2.18. The molecule has 0 aromatic heterocycles. The zero-order valence-electron chi connectivity index (χ0n) is 19.7. The molecule has 0 amide bonds. The Morgan fingerprint density at radius 1 is 0.833 bits per heavy atom. The second-order valence-corrected chi connectivity index (χ2v) is 9.37. The lowest BCUT2D eigenvalue weighted by Crippen LogP contribution is -2.19. The number of imidazole rings is 1. The number of rotatable bonds is 7. The quantitative estimate of drug-likeness (QED) is 0.246. The Morgan fingerprint density at radius 2 is 1.56 bits per heavy atom. The highest BCUT2D eigenvalue weighted by Crippen LogP contribution is 2.29. The van der Waals surface area contributed by atoms with Crippen LogP contribution in [0.1, 0.15) is 24.8 Å². The zero-order chi connectivity index (χ0) is 24.5. The minimum Gasteiger partial charge on any atom is -0.493 e. The summed E-state index contributed by atoms with van der Waals surface area (Å²) in [6.45, 7) is 1.47. The molecule has 36 heavy (non-hydrogen) atoms. The fraction of sp³-hybridized carbons (Fsp3) is 0.200. The van der Waals surface area contributed by atoms with Gasteiger partial charge in [-0.3, -0.25) is 0 Å². The normalized spacial score (nSPS) is 13.6. The second-order valence-electron chi connectivity index (χ2n) is 9.37. The number of nitrogens with zero attached hydrogens (tertiary/aromatic N) is 3. The molecule has 1 aliphatic carbocycles. The van der Waals surface area contributed by atoms with E-state index in [-0.39, 0.29) is 11.4 Å². The van der Waals surface area contributed by atoms with Crippen molar-refractivity contribution < 1.29 is 13.5 Å². The van der Waals surface area contributed by atoms with Crippen LogP contribution in [0, 0.1) is 17.6 Å². The van der Waals surface area contributed by atoms with E-state index in [1.165, 1.54) is 31.4 Å². The number of ether oxygens (including phenoxy) is 1. The summed E-state index contributed by atoms with van der Waals surface area (Å²) in [5.41, 5.74) is 4.77. The third kappa shape index (κ3) is 4.59. The van der Waals surface area contributed by atoms with Crippen molar-refractivity contribution >= 4 is 0 Å². The number of aromatic nitrogens is 3. The number of pyridine rings is 1. The molecule has 0 spiro atoms. The lowest BCUT2D eigenvalue weighted by molar-refractivity contribution is 0.180. The highest BCUT2D eigenvalue weighted by molar-refractivity contribution is 5.66. The van der Waals surface area contributed by atoms with Gasteiger partial charge >= 0.3 is 0 Å². The van der Waals surface area contributed by atoms with Crippen molar-refractivity contribution in [1.82, 2.24) is 14.5 Å². The molecule has 3 aromatic rings. The van der Waals surface area contributed by atoms with Crippen molar-refractivity contribution in [2.75, 3.05) is 6.61 Å². The summed E-state index contributed by atoms with van der Waals surface area (Å²) in [6, 6.07) is 22.6. The van der Waals surface area contributed by atoms with Crippen LogP contribution in [0.3, 0.4) is 0 Å². The van der Waals surface area contributed by atoms with Crippen molar-refractivity contribution in [3.8, 4) is 39.7 Å². The molecule has 2 heterocycles. The van der Waals surface area contributed by atoms with Crippen LogP contribution in [0.15, 0.2) is 85.2 Å². The van der Waals surface area contributed by atoms with Gasteiger partial charge in [-0.2, -0.15) is 0 Å². The van der Waals surface area contributed by atoms with Crippen LogP contribution < -0.4 is 4.74 Å². The lowest BCUT2D eigenvalue weighted by atomic mass is 9.86. The molecule has 0 bridgehead atoms. The van der Waals surface area contributed by atoms with Crippen LogP contribution in [0.2, 0.25) is 0 Å². The topological polar surface area (TPSA) is 39.9 Å². The average Bonchev–Trinajstić information content (AvgIpc) is 3.29. The maximum absolute atomic E-state index is 14.2. The third-order valence-electron chi connectivity index (χ3n) is 6.84. The van der Waals surface area contributed by atoms with Crippen molar-refractivity contribution in [3.05, 3.63) is 102 Å². The van der Waals surface area contributed by atoms with Crippen LogP contribution in [0.4, 0.5) is 8.78 Å². The fourth-order valence-corrected chi connectivity index (χ4v) is 4.48. The highest BCUT2D eigenvalue weighted by atomic mass is 19.2. The molecule has 1 saturated carbocycles. The van der Waals surface area contributed by atoms with Crippen molar-refractivity contribution in [2.45, 2.75) is 25.8 Å². The third-order valence-corrected chi connectivity index (χ3v) is 6.84. The molecule has 6 heteroatoms. The molecule has 180 valence electrons. The number of hydrogen-bond donors (Lipinski definition) is 0. The molecule has 0 unspecified atom stereocenters. The van der Waals surface area contributed by atoms with Gasteiger partial charge in [0.05, 0.1) is 17.9 Å². The van der Waals surface area contributed by atoms with Crippen LogP contribution >= 0.6 is 0 Å². The Hall–Kier alpha value is -4.06. The van der Waals surface area contributed by atoms with E-state index in [0.717, 1.165) is 41.0 Å². The number of benzene rings is 3. The summed E-state index contributed by atoms with van der Waals surface area (Å²) < 4.78 is 35.7. The first kappa shape index (κ1) is 22.4. The van der Waals surface area contributed by atoms with Gasteiger partial charge in [0.2, 0.25) is 0 Å². The molecule has 2 aliphatic heterocycles. The largest absolute Gasteiger partial charge is 0.493 e. The van der Waals surface area contributed by atoms with Crippen LogP contribution in [0.25, 0.3) is 33.9 Å². The Balaban J connectivity index is 1.14. The number of halogens is 2. The van der Waals surface area contributed by atoms with Gasteiger partial charge in [0.15, 0.2) is 17.5 Å². The minimum absolute atomic E-state index is 0.0614. The fourth-order valence-electron chi connectivity index (χ4n) is 4.48. The summed E-state index contributed by atoms with van der Waals surface area (Å²) in [5.74, 6) is -0.0123. The Labute approximate surface area is 208 Å². The van der Waals surface area contributed by atoms with Gasteiger partial charge in [-0.1, -0.05) is 48.9 Å². The zero-order valence-corrected chi connectivity index (χ0v) is 19.7. The number of fused-ring (bicyclic) bond motifs is 1. The average molecular weight is 482 g/mol. The summed E-state index contributed by atoms with van der Waals surface area (Å²) >= 11 is 0. The SMILES string of the molecule is Fc1cccc(-c2nc3ccn(Cc4ccc(-c5ccc(OCC6CCC6)cc5)cc4)cc-3n2)c1F. The summed E-state index contributed by atoms with van der Waals surface area (Å²) in [4.78, 5) is 8.80. The Bertz CT molecular complexity index is 1460. The molecular weight excluding hydrogens is 456 g/mol. The lowest BCUT2D eigenvalue weighted by Gasteiger charge is -2.25. The molecule has 4 nitrogen and oxygen atoms in total. The maximum atomic E-state index is 14.2. The van der Waals surface area contributed by atoms with Crippen LogP contribution in [-0.4, -0.2) is 21.1 Å².